The minimum absolute atomic E-state index is 0.0405. The van der Waals surface area contributed by atoms with Gasteiger partial charge in [-0.2, -0.15) is 0 Å². The van der Waals surface area contributed by atoms with E-state index >= 15 is 0 Å². The van der Waals surface area contributed by atoms with Gasteiger partial charge in [0.2, 0.25) is 5.91 Å². The van der Waals surface area contributed by atoms with Gasteiger partial charge in [0.1, 0.15) is 6.61 Å². The second kappa shape index (κ2) is 7.42. The summed E-state index contributed by atoms with van der Waals surface area (Å²) < 4.78 is 10.9. The first kappa shape index (κ1) is 14.2. The van der Waals surface area contributed by atoms with Crippen molar-refractivity contribution < 1.29 is 14.3 Å². The van der Waals surface area contributed by atoms with Crippen molar-refractivity contribution in [2.75, 3.05) is 32.2 Å². The molecule has 1 aromatic rings. The maximum Gasteiger partial charge on any atom is 0.250 e. The SMILES string of the molecule is COCCOCC(=O)Nc1ccc(Br)cc1C. The van der Waals surface area contributed by atoms with E-state index in [1.807, 2.05) is 25.1 Å². The molecule has 0 saturated carbocycles. The molecule has 0 heterocycles. The fraction of sp³-hybridized carbons (Fsp3) is 0.417. The summed E-state index contributed by atoms with van der Waals surface area (Å²) in [5, 5.41) is 2.79. The highest BCUT2D eigenvalue weighted by Crippen LogP contribution is 2.19. The van der Waals surface area contributed by atoms with E-state index in [1.165, 1.54) is 0 Å². The minimum Gasteiger partial charge on any atom is -0.382 e. The van der Waals surface area contributed by atoms with Crippen LogP contribution in [0.2, 0.25) is 0 Å². The molecule has 0 atom stereocenters. The van der Waals surface area contributed by atoms with Gasteiger partial charge in [0.15, 0.2) is 0 Å². The monoisotopic (exact) mass is 301 g/mol. The van der Waals surface area contributed by atoms with E-state index in [1.54, 1.807) is 7.11 Å². The Balaban J connectivity index is 2.40. The Bertz CT molecular complexity index is 382. The first-order valence-corrected chi connectivity index (χ1v) is 6.05. The standard InChI is InChI=1S/C12H16BrNO3/c1-9-7-10(13)3-4-11(9)14-12(15)8-17-6-5-16-2/h3-4,7H,5-6,8H2,1-2H3,(H,14,15). The van der Waals surface area contributed by atoms with Gasteiger partial charge >= 0.3 is 0 Å². The maximum absolute atomic E-state index is 11.5. The highest BCUT2D eigenvalue weighted by molar-refractivity contribution is 9.10. The zero-order chi connectivity index (χ0) is 12.7. The summed E-state index contributed by atoms with van der Waals surface area (Å²) >= 11 is 3.37. The van der Waals surface area contributed by atoms with Crippen LogP contribution in [0.3, 0.4) is 0 Å². The molecule has 0 saturated heterocycles. The molecule has 0 aliphatic carbocycles. The lowest BCUT2D eigenvalue weighted by atomic mass is 10.2. The summed E-state index contributed by atoms with van der Waals surface area (Å²) in [5.41, 5.74) is 1.80. The molecule has 0 bridgehead atoms. The molecule has 17 heavy (non-hydrogen) atoms. The third-order valence-electron chi connectivity index (χ3n) is 2.13. The van der Waals surface area contributed by atoms with Gasteiger partial charge in [0.25, 0.3) is 0 Å². The van der Waals surface area contributed by atoms with E-state index in [2.05, 4.69) is 21.2 Å². The Morgan fingerprint density at radius 2 is 2.18 bits per heavy atom. The molecular weight excluding hydrogens is 286 g/mol. The fourth-order valence-corrected chi connectivity index (χ4v) is 1.74. The Hall–Kier alpha value is -0.910. The van der Waals surface area contributed by atoms with E-state index in [9.17, 15) is 4.79 Å². The molecular formula is C12H16BrNO3. The van der Waals surface area contributed by atoms with Crippen molar-refractivity contribution in [2.24, 2.45) is 0 Å². The molecule has 0 radical (unpaired) electrons. The zero-order valence-corrected chi connectivity index (χ0v) is 11.5. The third kappa shape index (κ3) is 5.30. The van der Waals surface area contributed by atoms with Crippen LogP contribution in [0.15, 0.2) is 22.7 Å². The van der Waals surface area contributed by atoms with Crippen LogP contribution in [0.4, 0.5) is 5.69 Å². The molecule has 1 rings (SSSR count). The quantitative estimate of drug-likeness (QED) is 0.821. The largest absolute Gasteiger partial charge is 0.382 e. The number of ether oxygens (including phenoxy) is 2. The number of halogens is 1. The van der Waals surface area contributed by atoms with E-state index in [4.69, 9.17) is 9.47 Å². The molecule has 0 aromatic heterocycles. The predicted octanol–water partition coefficient (Wildman–Crippen LogP) is 2.36. The van der Waals surface area contributed by atoms with Crippen LogP contribution in [0, 0.1) is 6.92 Å². The minimum atomic E-state index is -0.161. The smallest absolute Gasteiger partial charge is 0.250 e. The van der Waals surface area contributed by atoms with Crippen LogP contribution >= 0.6 is 15.9 Å². The molecule has 0 unspecified atom stereocenters. The number of nitrogens with one attached hydrogen (secondary N) is 1. The van der Waals surface area contributed by atoms with Crippen LogP contribution in [-0.2, 0) is 14.3 Å². The first-order valence-electron chi connectivity index (χ1n) is 5.26. The molecule has 1 amide bonds. The van der Waals surface area contributed by atoms with Crippen molar-refractivity contribution in [3.05, 3.63) is 28.2 Å². The second-order valence-electron chi connectivity index (χ2n) is 3.55. The number of benzene rings is 1. The average Bonchev–Trinajstić information content (AvgIpc) is 2.28. The van der Waals surface area contributed by atoms with Gasteiger partial charge in [-0.1, -0.05) is 15.9 Å². The third-order valence-corrected chi connectivity index (χ3v) is 2.62. The van der Waals surface area contributed by atoms with Crippen molar-refractivity contribution in [3.63, 3.8) is 0 Å². The Labute approximate surface area is 109 Å². The first-order chi connectivity index (χ1) is 8.13. The molecule has 0 aliphatic heterocycles. The maximum atomic E-state index is 11.5. The number of hydrogen-bond donors (Lipinski definition) is 1. The summed E-state index contributed by atoms with van der Waals surface area (Å²) in [5.74, 6) is -0.161. The molecule has 1 N–H and O–H groups in total. The lowest BCUT2D eigenvalue weighted by Gasteiger charge is -2.09. The van der Waals surface area contributed by atoms with Crippen LogP contribution in [0.1, 0.15) is 5.56 Å². The van der Waals surface area contributed by atoms with E-state index in [0.29, 0.717) is 13.2 Å². The predicted molar refractivity (Wildman–Crippen MR) is 70.2 cm³/mol. The van der Waals surface area contributed by atoms with E-state index in [0.717, 1.165) is 15.7 Å². The molecule has 1 aromatic carbocycles. The van der Waals surface area contributed by atoms with Crippen molar-refractivity contribution in [1.82, 2.24) is 0 Å². The van der Waals surface area contributed by atoms with Gasteiger partial charge in [-0.3, -0.25) is 4.79 Å². The highest BCUT2D eigenvalue weighted by Gasteiger charge is 2.04. The zero-order valence-electron chi connectivity index (χ0n) is 9.96. The summed E-state index contributed by atoms with van der Waals surface area (Å²) in [6.07, 6.45) is 0. The fourth-order valence-electron chi connectivity index (χ4n) is 1.26. The topological polar surface area (TPSA) is 47.6 Å². The van der Waals surface area contributed by atoms with Crippen LogP contribution in [0.25, 0.3) is 0 Å². The molecule has 0 spiro atoms. The van der Waals surface area contributed by atoms with Crippen molar-refractivity contribution >= 4 is 27.5 Å². The number of carbonyl (C=O) groups is 1. The Kier molecular flexibility index (Phi) is 6.18. The summed E-state index contributed by atoms with van der Waals surface area (Å²) in [6, 6.07) is 5.68. The number of rotatable bonds is 6. The van der Waals surface area contributed by atoms with Gasteiger partial charge in [0.05, 0.1) is 13.2 Å². The van der Waals surface area contributed by atoms with Gasteiger partial charge in [-0.05, 0) is 30.7 Å². The summed E-state index contributed by atoms with van der Waals surface area (Å²) in [6.45, 7) is 2.89. The van der Waals surface area contributed by atoms with Gasteiger partial charge in [-0.25, -0.2) is 0 Å². The Morgan fingerprint density at radius 1 is 1.41 bits per heavy atom. The number of hydrogen-bond acceptors (Lipinski definition) is 3. The number of amides is 1. The number of carbonyl (C=O) groups excluding carboxylic acids is 1. The van der Waals surface area contributed by atoms with E-state index in [-0.39, 0.29) is 12.5 Å². The number of aryl methyl sites for hydroxylation is 1. The molecule has 5 heteroatoms. The molecule has 94 valence electrons. The van der Waals surface area contributed by atoms with Crippen molar-refractivity contribution in [2.45, 2.75) is 6.92 Å². The van der Waals surface area contributed by atoms with Gasteiger partial charge in [-0.15, -0.1) is 0 Å². The van der Waals surface area contributed by atoms with Crippen LogP contribution < -0.4 is 5.32 Å². The Morgan fingerprint density at radius 3 is 2.82 bits per heavy atom. The van der Waals surface area contributed by atoms with Gasteiger partial charge in [0, 0.05) is 17.3 Å². The lowest BCUT2D eigenvalue weighted by molar-refractivity contribution is -0.121. The molecule has 0 aliphatic rings. The second-order valence-corrected chi connectivity index (χ2v) is 4.47. The van der Waals surface area contributed by atoms with Gasteiger partial charge < -0.3 is 14.8 Å². The molecule has 0 fully saturated rings. The lowest BCUT2D eigenvalue weighted by Crippen LogP contribution is -2.20. The van der Waals surface area contributed by atoms with Crippen LogP contribution in [0.5, 0.6) is 0 Å². The average molecular weight is 302 g/mol. The van der Waals surface area contributed by atoms with Crippen molar-refractivity contribution in [1.29, 1.82) is 0 Å². The number of anilines is 1. The normalized spacial score (nSPS) is 10.3. The molecule has 4 nitrogen and oxygen atoms in total. The highest BCUT2D eigenvalue weighted by atomic mass is 79.9. The van der Waals surface area contributed by atoms with Crippen LogP contribution in [-0.4, -0.2) is 32.8 Å². The summed E-state index contributed by atoms with van der Waals surface area (Å²) in [4.78, 5) is 11.5. The van der Waals surface area contributed by atoms with E-state index < -0.39 is 0 Å². The van der Waals surface area contributed by atoms with Crippen molar-refractivity contribution in [3.8, 4) is 0 Å². The number of methoxy groups -OCH3 is 1. The summed E-state index contributed by atoms with van der Waals surface area (Å²) in [7, 11) is 1.59.